The van der Waals surface area contributed by atoms with Crippen LogP contribution in [-0.2, 0) is 10.0 Å². The molecule has 0 unspecified atom stereocenters. The summed E-state index contributed by atoms with van der Waals surface area (Å²) in [5.41, 5.74) is 10.0. The van der Waals surface area contributed by atoms with E-state index in [9.17, 15) is 13.9 Å². The lowest BCUT2D eigenvalue weighted by molar-refractivity contribution is -0.00120. The fraction of sp³-hybridized carbons (Fsp3) is 0.176. The molecule has 0 saturated carbocycles. The van der Waals surface area contributed by atoms with Gasteiger partial charge in [0, 0.05) is 14.1 Å². The van der Waals surface area contributed by atoms with Crippen LogP contribution >= 0.6 is 0 Å². The lowest BCUT2D eigenvalue weighted by atomic mass is 10.1. The van der Waals surface area contributed by atoms with Gasteiger partial charge in [-0.1, -0.05) is 18.2 Å². The van der Waals surface area contributed by atoms with Crippen molar-refractivity contribution in [2.45, 2.75) is 4.90 Å². The van der Waals surface area contributed by atoms with Gasteiger partial charge in [0.2, 0.25) is 5.84 Å². The van der Waals surface area contributed by atoms with Crippen LogP contribution < -0.4 is 4.74 Å². The molecule has 0 spiro atoms. The number of ether oxygens (including phenoxy) is 1. The van der Waals surface area contributed by atoms with Gasteiger partial charge < -0.3 is 15.2 Å². The maximum atomic E-state index is 12.6. The fourth-order valence-corrected chi connectivity index (χ4v) is 3.14. The highest BCUT2D eigenvalue weighted by atomic mass is 32.2. The van der Waals surface area contributed by atoms with E-state index in [0.717, 1.165) is 0 Å². The van der Waals surface area contributed by atoms with Crippen molar-refractivity contribution in [2.75, 3.05) is 21.2 Å². The Balaban J connectivity index is 2.53. The van der Waals surface area contributed by atoms with Crippen LogP contribution in [0.25, 0.3) is 5.53 Å². The minimum Gasteiger partial charge on any atom is -0.497 e. The van der Waals surface area contributed by atoms with Gasteiger partial charge in [-0.25, -0.2) is 0 Å². The SMILES string of the molecule is COc1ccc(S(=O)(=O)/N=C(/C(=[N+]=[N-])c2ccccc2)N(C)C)cc1. The molecule has 0 aromatic heterocycles. The first-order valence-corrected chi connectivity index (χ1v) is 8.77. The number of rotatable bonds is 5. The quantitative estimate of drug-likeness (QED) is 0.354. The summed E-state index contributed by atoms with van der Waals surface area (Å²) in [4.78, 5) is 4.73. The van der Waals surface area contributed by atoms with Crippen LogP contribution in [0.15, 0.2) is 63.9 Å². The molecule has 2 rings (SSSR count). The first-order chi connectivity index (χ1) is 11.9. The molecule has 0 aliphatic carbocycles. The summed E-state index contributed by atoms with van der Waals surface area (Å²) in [7, 11) is 0.745. The van der Waals surface area contributed by atoms with Gasteiger partial charge in [0.25, 0.3) is 10.0 Å². The highest BCUT2D eigenvalue weighted by Gasteiger charge is 2.26. The van der Waals surface area contributed by atoms with Crippen molar-refractivity contribution in [3.63, 3.8) is 0 Å². The van der Waals surface area contributed by atoms with Gasteiger partial charge in [0.1, 0.15) is 5.75 Å². The molecule has 130 valence electrons. The number of methoxy groups -OCH3 is 1. The maximum absolute atomic E-state index is 12.6. The predicted molar refractivity (Wildman–Crippen MR) is 95.5 cm³/mol. The third kappa shape index (κ3) is 4.32. The van der Waals surface area contributed by atoms with E-state index in [2.05, 4.69) is 9.19 Å². The Hall–Kier alpha value is -2.96. The molecular weight excluding hydrogens is 340 g/mol. The Morgan fingerprint density at radius 2 is 1.68 bits per heavy atom. The second-order valence-corrected chi connectivity index (χ2v) is 6.88. The van der Waals surface area contributed by atoms with E-state index >= 15 is 0 Å². The molecule has 0 radical (unpaired) electrons. The van der Waals surface area contributed by atoms with E-state index in [1.54, 1.807) is 44.4 Å². The Morgan fingerprint density at radius 3 is 2.16 bits per heavy atom. The Kier molecular flexibility index (Phi) is 5.69. The summed E-state index contributed by atoms with van der Waals surface area (Å²) in [6, 6.07) is 14.6. The largest absolute Gasteiger partial charge is 0.497 e. The van der Waals surface area contributed by atoms with Gasteiger partial charge in [-0.2, -0.15) is 13.2 Å². The average Bonchev–Trinajstić information content (AvgIpc) is 2.62. The molecule has 2 aromatic rings. The number of hydrogen-bond acceptors (Lipinski definition) is 3. The van der Waals surface area contributed by atoms with Crippen LogP contribution in [0.5, 0.6) is 5.75 Å². The van der Waals surface area contributed by atoms with E-state index in [0.29, 0.717) is 11.3 Å². The van der Waals surface area contributed by atoms with E-state index in [1.807, 2.05) is 0 Å². The molecule has 2 aromatic carbocycles. The van der Waals surface area contributed by atoms with Crippen molar-refractivity contribution in [1.82, 2.24) is 4.90 Å². The molecule has 0 aliphatic heterocycles. The van der Waals surface area contributed by atoms with Crippen LogP contribution in [0.2, 0.25) is 0 Å². The molecule has 0 atom stereocenters. The van der Waals surface area contributed by atoms with Crippen molar-refractivity contribution in [2.24, 2.45) is 4.40 Å². The highest BCUT2D eigenvalue weighted by Crippen LogP contribution is 2.18. The van der Waals surface area contributed by atoms with Gasteiger partial charge in [-0.15, -0.1) is 4.40 Å². The zero-order valence-corrected chi connectivity index (χ0v) is 14.9. The second kappa shape index (κ2) is 7.74. The monoisotopic (exact) mass is 358 g/mol. The van der Waals surface area contributed by atoms with Crippen molar-refractivity contribution in [3.8, 4) is 5.75 Å². The van der Waals surface area contributed by atoms with Crippen LogP contribution in [-0.4, -0.2) is 50.9 Å². The second-order valence-electron chi connectivity index (χ2n) is 5.27. The van der Waals surface area contributed by atoms with Crippen LogP contribution in [0.1, 0.15) is 5.56 Å². The highest BCUT2D eigenvalue weighted by molar-refractivity contribution is 7.90. The number of amidine groups is 1. The van der Waals surface area contributed by atoms with E-state index < -0.39 is 10.0 Å². The zero-order chi connectivity index (χ0) is 18.4. The number of likely N-dealkylation sites (N-methyl/N-ethyl adjacent to an activating group) is 1. The molecule has 7 nitrogen and oxygen atoms in total. The summed E-state index contributed by atoms with van der Waals surface area (Å²) in [5, 5.41) is 0. The minimum atomic E-state index is -3.99. The van der Waals surface area contributed by atoms with Crippen molar-refractivity contribution in [3.05, 3.63) is 65.7 Å². The van der Waals surface area contributed by atoms with Gasteiger partial charge in [0.05, 0.1) is 17.6 Å². The first kappa shape index (κ1) is 18.4. The lowest BCUT2D eigenvalue weighted by Gasteiger charge is -2.12. The first-order valence-electron chi connectivity index (χ1n) is 7.33. The van der Waals surface area contributed by atoms with Gasteiger partial charge in [0.15, 0.2) is 0 Å². The van der Waals surface area contributed by atoms with Crippen molar-refractivity contribution >= 4 is 21.6 Å². The smallest absolute Gasteiger partial charge is 0.365 e. The number of benzene rings is 2. The van der Waals surface area contributed by atoms with Crippen LogP contribution in [0, 0.1) is 0 Å². The Morgan fingerprint density at radius 1 is 1.08 bits per heavy atom. The van der Waals surface area contributed by atoms with E-state index in [-0.39, 0.29) is 16.4 Å². The summed E-state index contributed by atoms with van der Waals surface area (Å²) in [6.45, 7) is 0. The lowest BCUT2D eigenvalue weighted by Crippen LogP contribution is -2.32. The normalized spacial score (nSPS) is 11.6. The number of nitrogens with zero attached hydrogens (tertiary/aromatic N) is 4. The Bertz CT molecular complexity index is 914. The molecule has 0 saturated heterocycles. The summed E-state index contributed by atoms with van der Waals surface area (Å²) >= 11 is 0. The molecule has 0 N–H and O–H groups in total. The molecule has 0 aliphatic rings. The fourth-order valence-electron chi connectivity index (χ4n) is 2.08. The standard InChI is InChI=1S/C17H18N4O3S/c1-21(2)17(16(19-18)13-7-5-4-6-8-13)20-25(22,23)15-11-9-14(24-3)10-12-15/h4-12H,1-3H3/b20-17-. The number of hydrogen-bond donors (Lipinski definition) is 0. The van der Waals surface area contributed by atoms with Gasteiger partial charge in [-0.05, 0) is 36.4 Å². The van der Waals surface area contributed by atoms with Crippen molar-refractivity contribution < 1.29 is 17.9 Å². The summed E-state index contributed by atoms with van der Waals surface area (Å²) in [5.74, 6) is 0.558. The van der Waals surface area contributed by atoms with E-state index in [4.69, 9.17) is 4.74 Å². The third-order valence-corrected chi connectivity index (χ3v) is 4.63. The molecule has 25 heavy (non-hydrogen) atoms. The molecule has 0 heterocycles. The molecule has 8 heteroatoms. The zero-order valence-electron chi connectivity index (χ0n) is 14.1. The van der Waals surface area contributed by atoms with Crippen molar-refractivity contribution in [1.29, 1.82) is 0 Å². The number of sulfonamides is 1. The summed E-state index contributed by atoms with van der Waals surface area (Å²) in [6.07, 6.45) is 0. The Labute approximate surface area is 146 Å². The predicted octanol–water partition coefficient (Wildman–Crippen LogP) is 2.06. The minimum absolute atomic E-state index is 0.0120. The average molecular weight is 358 g/mol. The van der Waals surface area contributed by atoms with Gasteiger partial charge >= 0.3 is 5.71 Å². The topological polar surface area (TPSA) is 95.4 Å². The third-order valence-electron chi connectivity index (χ3n) is 3.35. The maximum Gasteiger partial charge on any atom is 0.365 e. The molecular formula is C17H18N4O3S. The van der Waals surface area contributed by atoms with Crippen LogP contribution in [0.3, 0.4) is 0 Å². The van der Waals surface area contributed by atoms with Crippen LogP contribution in [0.4, 0.5) is 0 Å². The van der Waals surface area contributed by atoms with Gasteiger partial charge in [-0.3, -0.25) is 0 Å². The summed E-state index contributed by atoms with van der Waals surface area (Å²) < 4.78 is 34.1. The molecule has 0 amide bonds. The van der Waals surface area contributed by atoms with E-state index in [1.165, 1.54) is 36.3 Å². The molecule has 0 bridgehead atoms. The molecule has 0 fully saturated rings.